The van der Waals surface area contributed by atoms with Gasteiger partial charge in [0.2, 0.25) is 0 Å². The van der Waals surface area contributed by atoms with Gasteiger partial charge in [-0.25, -0.2) is 0 Å². The Hall–Kier alpha value is -0.630. The van der Waals surface area contributed by atoms with E-state index in [4.69, 9.17) is 0 Å². The van der Waals surface area contributed by atoms with Gasteiger partial charge in [0.25, 0.3) is 0 Å². The summed E-state index contributed by atoms with van der Waals surface area (Å²) in [6, 6.07) is 0. The van der Waals surface area contributed by atoms with E-state index in [9.17, 15) is 4.79 Å². The van der Waals surface area contributed by atoms with Gasteiger partial charge in [-0.3, -0.25) is 4.79 Å². The average Bonchev–Trinajstić information content (AvgIpc) is 2.47. The van der Waals surface area contributed by atoms with Crippen LogP contribution in [0.4, 0.5) is 0 Å². The van der Waals surface area contributed by atoms with Gasteiger partial charge in [0, 0.05) is 10.9 Å². The molecule has 0 unspecified atom stereocenters. The van der Waals surface area contributed by atoms with E-state index in [1.165, 1.54) is 18.4 Å². The van der Waals surface area contributed by atoms with E-state index in [0.29, 0.717) is 0 Å². The van der Waals surface area contributed by atoms with E-state index in [-0.39, 0.29) is 0 Å². The highest BCUT2D eigenvalue weighted by Crippen LogP contribution is 2.15. The van der Waals surface area contributed by atoms with Crippen LogP contribution in [0.25, 0.3) is 0 Å². The summed E-state index contributed by atoms with van der Waals surface area (Å²) in [5.41, 5.74) is 2.09. The predicted octanol–water partition coefficient (Wildman–Crippen LogP) is 2.90. The SMILES string of the molecule is CCCCc1cscc1C=O. The molecule has 0 saturated heterocycles. The molecule has 1 rings (SSSR count). The summed E-state index contributed by atoms with van der Waals surface area (Å²) in [6.45, 7) is 2.16. The van der Waals surface area contributed by atoms with Crippen LogP contribution in [0, 0.1) is 0 Å². The third-order valence-electron chi connectivity index (χ3n) is 1.70. The van der Waals surface area contributed by atoms with Crippen LogP contribution in [0.2, 0.25) is 0 Å². The maximum Gasteiger partial charge on any atom is 0.151 e. The summed E-state index contributed by atoms with van der Waals surface area (Å²) in [7, 11) is 0. The van der Waals surface area contributed by atoms with Crippen molar-refractivity contribution in [3.63, 3.8) is 0 Å². The molecule has 0 spiro atoms. The highest BCUT2D eigenvalue weighted by Gasteiger charge is 2.00. The van der Waals surface area contributed by atoms with E-state index in [0.717, 1.165) is 18.3 Å². The lowest BCUT2D eigenvalue weighted by Gasteiger charge is -1.94. The molecule has 0 aromatic carbocycles. The van der Waals surface area contributed by atoms with E-state index in [1.807, 2.05) is 5.38 Å². The van der Waals surface area contributed by atoms with Crippen molar-refractivity contribution in [1.82, 2.24) is 0 Å². The molecule has 0 fully saturated rings. The number of hydrogen-bond acceptors (Lipinski definition) is 2. The highest BCUT2D eigenvalue weighted by molar-refractivity contribution is 7.08. The van der Waals surface area contributed by atoms with Crippen molar-refractivity contribution < 1.29 is 4.79 Å². The molecule has 0 bridgehead atoms. The van der Waals surface area contributed by atoms with Crippen molar-refractivity contribution in [2.24, 2.45) is 0 Å². The zero-order chi connectivity index (χ0) is 8.10. The fourth-order valence-corrected chi connectivity index (χ4v) is 1.85. The lowest BCUT2D eigenvalue weighted by molar-refractivity contribution is 0.112. The predicted molar refractivity (Wildman–Crippen MR) is 48.3 cm³/mol. The van der Waals surface area contributed by atoms with Crippen LogP contribution >= 0.6 is 11.3 Å². The number of aldehydes is 1. The number of unbranched alkanes of at least 4 members (excludes halogenated alkanes) is 1. The topological polar surface area (TPSA) is 17.1 Å². The van der Waals surface area contributed by atoms with Gasteiger partial charge in [-0.1, -0.05) is 13.3 Å². The summed E-state index contributed by atoms with van der Waals surface area (Å²) in [4.78, 5) is 10.5. The van der Waals surface area contributed by atoms with Gasteiger partial charge >= 0.3 is 0 Å². The fourth-order valence-electron chi connectivity index (χ4n) is 1.01. The number of hydrogen-bond donors (Lipinski definition) is 0. The zero-order valence-electron chi connectivity index (χ0n) is 6.67. The molecule has 0 radical (unpaired) electrons. The van der Waals surface area contributed by atoms with Crippen LogP contribution < -0.4 is 0 Å². The second-order valence-corrected chi connectivity index (χ2v) is 3.32. The number of carbonyl (C=O) groups excluding carboxylic acids is 1. The molecule has 1 aromatic heterocycles. The highest BCUT2D eigenvalue weighted by atomic mass is 32.1. The molecule has 11 heavy (non-hydrogen) atoms. The van der Waals surface area contributed by atoms with Crippen LogP contribution in [-0.4, -0.2) is 6.29 Å². The Balaban J connectivity index is 2.61. The Morgan fingerprint density at radius 2 is 2.36 bits per heavy atom. The molecule has 0 aliphatic heterocycles. The van der Waals surface area contributed by atoms with Crippen molar-refractivity contribution in [2.45, 2.75) is 26.2 Å². The van der Waals surface area contributed by atoms with Crippen molar-refractivity contribution in [3.8, 4) is 0 Å². The van der Waals surface area contributed by atoms with Crippen LogP contribution in [0.3, 0.4) is 0 Å². The van der Waals surface area contributed by atoms with Crippen molar-refractivity contribution >= 4 is 17.6 Å². The van der Waals surface area contributed by atoms with Gasteiger partial charge in [-0.05, 0) is 23.8 Å². The Morgan fingerprint density at radius 1 is 1.55 bits per heavy atom. The summed E-state index contributed by atoms with van der Waals surface area (Å²) in [6.07, 6.45) is 4.36. The Kier molecular flexibility index (Phi) is 3.30. The second-order valence-electron chi connectivity index (χ2n) is 2.57. The molecule has 0 atom stereocenters. The van der Waals surface area contributed by atoms with Crippen LogP contribution in [0.5, 0.6) is 0 Å². The summed E-state index contributed by atoms with van der Waals surface area (Å²) in [5, 5.41) is 3.98. The van der Waals surface area contributed by atoms with Gasteiger partial charge in [-0.15, -0.1) is 0 Å². The van der Waals surface area contributed by atoms with Gasteiger partial charge in [0.15, 0.2) is 6.29 Å². The Bertz CT molecular complexity index is 227. The molecule has 0 aliphatic rings. The monoisotopic (exact) mass is 168 g/mol. The Labute approximate surface area is 71.1 Å². The van der Waals surface area contributed by atoms with E-state index >= 15 is 0 Å². The number of thiophene rings is 1. The van der Waals surface area contributed by atoms with Gasteiger partial charge in [-0.2, -0.15) is 11.3 Å². The van der Waals surface area contributed by atoms with E-state index in [2.05, 4.69) is 12.3 Å². The molecule has 1 heterocycles. The van der Waals surface area contributed by atoms with Crippen LogP contribution in [0.15, 0.2) is 10.8 Å². The molecule has 0 aliphatic carbocycles. The van der Waals surface area contributed by atoms with Crippen molar-refractivity contribution in [3.05, 3.63) is 21.9 Å². The van der Waals surface area contributed by atoms with Crippen molar-refractivity contribution in [2.75, 3.05) is 0 Å². The molecular formula is C9H12OS. The lowest BCUT2D eigenvalue weighted by Crippen LogP contribution is -1.86. The molecule has 0 saturated carbocycles. The first-order chi connectivity index (χ1) is 5.38. The van der Waals surface area contributed by atoms with Crippen LogP contribution in [0.1, 0.15) is 35.7 Å². The maximum atomic E-state index is 10.5. The van der Waals surface area contributed by atoms with Gasteiger partial charge in [0.1, 0.15) is 0 Å². The second kappa shape index (κ2) is 4.29. The zero-order valence-corrected chi connectivity index (χ0v) is 7.49. The molecule has 0 N–H and O–H groups in total. The molecule has 0 amide bonds. The summed E-state index contributed by atoms with van der Waals surface area (Å²) >= 11 is 1.61. The first-order valence-electron chi connectivity index (χ1n) is 3.88. The number of aryl methyl sites for hydroxylation is 1. The third kappa shape index (κ3) is 2.15. The molecule has 2 heteroatoms. The summed E-state index contributed by atoms with van der Waals surface area (Å²) in [5.74, 6) is 0. The molecule has 1 aromatic rings. The fraction of sp³-hybridized carbons (Fsp3) is 0.444. The number of rotatable bonds is 4. The van der Waals surface area contributed by atoms with Gasteiger partial charge in [0.05, 0.1) is 0 Å². The normalized spacial score (nSPS) is 9.91. The first-order valence-corrected chi connectivity index (χ1v) is 4.83. The lowest BCUT2D eigenvalue weighted by atomic mass is 10.1. The minimum Gasteiger partial charge on any atom is -0.298 e. The van der Waals surface area contributed by atoms with E-state index in [1.54, 1.807) is 11.3 Å². The minimum atomic E-state index is 0.878. The standard InChI is InChI=1S/C9H12OS/c1-2-3-4-8-6-11-7-9(8)5-10/h5-7H,2-4H2,1H3. The molecule has 1 nitrogen and oxygen atoms in total. The quantitative estimate of drug-likeness (QED) is 0.632. The summed E-state index contributed by atoms with van der Waals surface area (Å²) < 4.78 is 0. The largest absolute Gasteiger partial charge is 0.298 e. The molecule has 60 valence electrons. The van der Waals surface area contributed by atoms with Gasteiger partial charge < -0.3 is 0 Å². The van der Waals surface area contributed by atoms with Crippen LogP contribution in [-0.2, 0) is 6.42 Å². The Morgan fingerprint density at radius 3 is 3.00 bits per heavy atom. The first kappa shape index (κ1) is 8.47. The third-order valence-corrected chi connectivity index (χ3v) is 2.51. The average molecular weight is 168 g/mol. The number of carbonyl (C=O) groups is 1. The van der Waals surface area contributed by atoms with Crippen molar-refractivity contribution in [1.29, 1.82) is 0 Å². The minimum absolute atomic E-state index is 0.878. The molecular weight excluding hydrogens is 156 g/mol. The smallest absolute Gasteiger partial charge is 0.151 e. The van der Waals surface area contributed by atoms with E-state index < -0.39 is 0 Å². The maximum absolute atomic E-state index is 10.5.